The van der Waals surface area contributed by atoms with Crippen molar-refractivity contribution in [1.82, 2.24) is 0 Å². The van der Waals surface area contributed by atoms with E-state index in [4.69, 9.17) is 0 Å². The van der Waals surface area contributed by atoms with Crippen molar-refractivity contribution in [3.05, 3.63) is 0 Å². The molecule has 6 atom stereocenters. The first-order valence-corrected chi connectivity index (χ1v) is 12.0. The quantitative estimate of drug-likeness (QED) is 0.721. The Kier molecular flexibility index (Phi) is 3.67. The van der Waals surface area contributed by atoms with Gasteiger partial charge < -0.3 is 0 Å². The van der Waals surface area contributed by atoms with Crippen molar-refractivity contribution in [3.8, 4) is 0 Å². The average Bonchev–Trinajstić information content (AvgIpc) is 3.00. The second-order valence-electron chi connectivity index (χ2n) is 10.2. The van der Waals surface area contributed by atoms with Gasteiger partial charge in [-0.15, -0.1) is 0 Å². The standard InChI is InChI=1S/C20H34O2Se/c1-17(2)13-5-7-19(17,15(21)9-13)11-23-12-20-8-6-14(10-16(20)22)18(20,3)4/h13-16,21-22H,5-12H2,1-4H3. The van der Waals surface area contributed by atoms with Gasteiger partial charge in [0.05, 0.1) is 0 Å². The van der Waals surface area contributed by atoms with Crippen molar-refractivity contribution in [3.63, 3.8) is 0 Å². The van der Waals surface area contributed by atoms with E-state index in [-0.39, 0.29) is 23.0 Å². The molecule has 4 rings (SSSR count). The third-order valence-electron chi connectivity index (χ3n) is 9.50. The molecular weight excluding hydrogens is 351 g/mol. The molecule has 0 aromatic carbocycles. The molecule has 3 heteroatoms. The van der Waals surface area contributed by atoms with Crippen LogP contribution in [0.15, 0.2) is 0 Å². The summed E-state index contributed by atoms with van der Waals surface area (Å²) < 4.78 is 0. The Balaban J connectivity index is 1.48. The molecule has 4 aliphatic rings. The molecule has 4 bridgehead atoms. The maximum absolute atomic E-state index is 10.7. The normalized spacial score (nSPS) is 52.4. The van der Waals surface area contributed by atoms with Gasteiger partial charge in [0, 0.05) is 0 Å². The fraction of sp³-hybridized carbons (Fsp3) is 1.00. The summed E-state index contributed by atoms with van der Waals surface area (Å²) in [6.07, 6.45) is 7.02. The summed E-state index contributed by atoms with van der Waals surface area (Å²) >= 11 is 0.537. The van der Waals surface area contributed by atoms with Gasteiger partial charge in [-0.2, -0.15) is 0 Å². The summed E-state index contributed by atoms with van der Waals surface area (Å²) in [6.45, 7) is 9.65. The van der Waals surface area contributed by atoms with Crippen LogP contribution in [0.5, 0.6) is 0 Å². The van der Waals surface area contributed by atoms with Crippen LogP contribution in [-0.2, 0) is 0 Å². The van der Waals surface area contributed by atoms with Crippen LogP contribution in [0, 0.1) is 33.5 Å². The first-order chi connectivity index (χ1) is 10.7. The fourth-order valence-electron chi connectivity index (χ4n) is 7.17. The Labute approximate surface area is 148 Å². The van der Waals surface area contributed by atoms with Crippen LogP contribution in [0.3, 0.4) is 0 Å². The van der Waals surface area contributed by atoms with Crippen molar-refractivity contribution in [2.45, 2.75) is 89.1 Å². The minimum atomic E-state index is -0.0755. The van der Waals surface area contributed by atoms with Crippen molar-refractivity contribution in [2.24, 2.45) is 33.5 Å². The van der Waals surface area contributed by atoms with Crippen LogP contribution in [0.2, 0.25) is 10.6 Å². The molecule has 4 aliphatic carbocycles. The molecule has 0 aromatic rings. The topological polar surface area (TPSA) is 40.5 Å². The van der Waals surface area contributed by atoms with Crippen molar-refractivity contribution in [2.75, 3.05) is 0 Å². The Morgan fingerprint density at radius 2 is 1.17 bits per heavy atom. The fourth-order valence-corrected chi connectivity index (χ4v) is 11.9. The molecule has 4 fully saturated rings. The van der Waals surface area contributed by atoms with E-state index < -0.39 is 0 Å². The third kappa shape index (κ3) is 1.89. The second-order valence-corrected chi connectivity index (χ2v) is 12.3. The summed E-state index contributed by atoms with van der Waals surface area (Å²) in [4.78, 5) is 0. The van der Waals surface area contributed by atoms with Gasteiger partial charge in [-0.05, 0) is 0 Å². The molecule has 0 amide bonds. The van der Waals surface area contributed by atoms with E-state index in [0.29, 0.717) is 25.8 Å². The number of aliphatic hydroxyl groups is 2. The number of fused-ring (bicyclic) bond motifs is 4. The zero-order valence-corrected chi connectivity index (χ0v) is 17.0. The summed E-state index contributed by atoms with van der Waals surface area (Å²) in [5.41, 5.74) is 0.988. The van der Waals surface area contributed by atoms with E-state index in [9.17, 15) is 10.2 Å². The van der Waals surface area contributed by atoms with Crippen LogP contribution < -0.4 is 0 Å². The van der Waals surface area contributed by atoms with E-state index >= 15 is 0 Å². The minimum absolute atomic E-state index is 0.0755. The Hall–Kier alpha value is 0.439. The molecule has 0 aliphatic heterocycles. The van der Waals surface area contributed by atoms with Crippen molar-refractivity contribution >= 4 is 15.0 Å². The van der Waals surface area contributed by atoms with Crippen molar-refractivity contribution in [1.29, 1.82) is 0 Å². The molecule has 4 saturated carbocycles. The van der Waals surface area contributed by atoms with Crippen LogP contribution in [0.1, 0.15) is 66.2 Å². The zero-order chi connectivity index (χ0) is 16.7. The van der Waals surface area contributed by atoms with E-state index in [1.54, 1.807) is 0 Å². The number of hydrogen-bond donors (Lipinski definition) is 2. The first-order valence-electron chi connectivity index (χ1n) is 9.61. The summed E-state index contributed by atoms with van der Waals surface area (Å²) in [7, 11) is 0. The second kappa shape index (κ2) is 5.00. The molecule has 23 heavy (non-hydrogen) atoms. The third-order valence-corrected chi connectivity index (χ3v) is 12.5. The van der Waals surface area contributed by atoms with E-state index in [2.05, 4.69) is 27.7 Å². The monoisotopic (exact) mass is 386 g/mol. The molecule has 0 radical (unpaired) electrons. The summed E-state index contributed by atoms with van der Waals surface area (Å²) in [5.74, 6) is 1.46. The molecule has 0 saturated heterocycles. The molecule has 6 unspecified atom stereocenters. The molecule has 0 spiro atoms. The van der Waals surface area contributed by atoms with Crippen LogP contribution in [-0.4, -0.2) is 37.4 Å². The number of hydrogen-bond acceptors (Lipinski definition) is 2. The Morgan fingerprint density at radius 1 is 0.783 bits per heavy atom. The summed E-state index contributed by atoms with van der Waals surface area (Å²) in [6, 6.07) is 0. The predicted octanol–water partition coefficient (Wildman–Crippen LogP) is 3.90. The van der Waals surface area contributed by atoms with Crippen molar-refractivity contribution < 1.29 is 10.2 Å². The Morgan fingerprint density at radius 3 is 1.43 bits per heavy atom. The molecular formula is C20H34O2Se. The SMILES string of the molecule is CC1(C)C2CCC1(C[Se]CC13CCC(CC1O)C3(C)C)C(O)C2. The van der Waals surface area contributed by atoms with Crippen LogP contribution >= 0.6 is 0 Å². The maximum atomic E-state index is 10.7. The first kappa shape index (κ1) is 16.9. The average molecular weight is 385 g/mol. The van der Waals surface area contributed by atoms with Gasteiger partial charge in [-0.3, -0.25) is 0 Å². The van der Waals surface area contributed by atoms with Crippen LogP contribution in [0.4, 0.5) is 0 Å². The van der Waals surface area contributed by atoms with Gasteiger partial charge >= 0.3 is 148 Å². The molecule has 132 valence electrons. The number of rotatable bonds is 4. The van der Waals surface area contributed by atoms with E-state index in [0.717, 1.165) is 24.7 Å². The molecule has 0 heterocycles. The predicted molar refractivity (Wildman–Crippen MR) is 94.5 cm³/mol. The Bertz CT molecular complexity index is 458. The molecule has 2 nitrogen and oxygen atoms in total. The molecule has 2 N–H and O–H groups in total. The summed E-state index contributed by atoms with van der Waals surface area (Å²) in [5, 5.41) is 23.9. The van der Waals surface area contributed by atoms with Gasteiger partial charge in [0.2, 0.25) is 0 Å². The van der Waals surface area contributed by atoms with Gasteiger partial charge in [0.1, 0.15) is 0 Å². The van der Waals surface area contributed by atoms with Gasteiger partial charge in [-0.1, -0.05) is 0 Å². The zero-order valence-electron chi connectivity index (χ0n) is 15.3. The van der Waals surface area contributed by atoms with E-state index in [1.165, 1.54) is 36.3 Å². The van der Waals surface area contributed by atoms with Gasteiger partial charge in [-0.25, -0.2) is 0 Å². The number of aliphatic hydroxyl groups excluding tert-OH is 2. The molecule has 0 aromatic heterocycles. The van der Waals surface area contributed by atoms with E-state index in [1.807, 2.05) is 0 Å². The van der Waals surface area contributed by atoms with Crippen LogP contribution in [0.25, 0.3) is 0 Å². The van der Waals surface area contributed by atoms with Gasteiger partial charge in [0.25, 0.3) is 0 Å². The van der Waals surface area contributed by atoms with Gasteiger partial charge in [0.15, 0.2) is 0 Å².